The van der Waals surface area contributed by atoms with Gasteiger partial charge >= 0.3 is 0 Å². The molecule has 0 aliphatic carbocycles. The number of aryl methyl sites for hydroxylation is 1. The van der Waals surface area contributed by atoms with Crippen LogP contribution in [0, 0.1) is 6.92 Å². The highest BCUT2D eigenvalue weighted by Crippen LogP contribution is 2.26. The minimum Gasteiger partial charge on any atom is -0.326 e. The summed E-state index contributed by atoms with van der Waals surface area (Å²) in [6.07, 6.45) is 0. The predicted octanol–water partition coefficient (Wildman–Crippen LogP) is 3.79. The Morgan fingerprint density at radius 1 is 0.967 bits per heavy atom. The van der Waals surface area contributed by atoms with Crippen molar-refractivity contribution in [1.82, 2.24) is 10.2 Å². The molecule has 3 rings (SSSR count). The van der Waals surface area contributed by atoms with E-state index in [-0.39, 0.29) is 23.5 Å². The molecule has 0 saturated heterocycles. The number of anilines is 3. The Bertz CT molecular complexity index is 1070. The number of hydrogen-bond donors (Lipinski definition) is 3. The van der Waals surface area contributed by atoms with Crippen LogP contribution in [-0.2, 0) is 9.59 Å². The van der Waals surface area contributed by atoms with Crippen molar-refractivity contribution < 1.29 is 14.4 Å². The summed E-state index contributed by atoms with van der Waals surface area (Å²) in [4.78, 5) is 35.5. The average Bonchev–Trinajstić information content (AvgIpc) is 3.14. The zero-order valence-corrected chi connectivity index (χ0v) is 17.9. The second-order valence-electron chi connectivity index (χ2n) is 6.29. The molecule has 30 heavy (non-hydrogen) atoms. The van der Waals surface area contributed by atoms with Crippen LogP contribution in [-0.4, -0.2) is 33.7 Å². The largest absolute Gasteiger partial charge is 0.326 e. The Balaban J connectivity index is 1.50. The lowest BCUT2D eigenvalue weighted by Crippen LogP contribution is -2.14. The molecular weight excluding hydrogens is 422 g/mol. The van der Waals surface area contributed by atoms with Crippen LogP contribution in [0.15, 0.2) is 52.9 Å². The molecule has 3 N–H and O–H groups in total. The van der Waals surface area contributed by atoms with Crippen molar-refractivity contribution in [2.75, 3.05) is 21.7 Å². The van der Waals surface area contributed by atoms with E-state index in [1.165, 1.54) is 30.0 Å². The van der Waals surface area contributed by atoms with Crippen molar-refractivity contribution in [3.05, 3.63) is 59.7 Å². The number of amides is 3. The molecule has 3 amide bonds. The standard InChI is InChI=1S/C20H19N5O3S2/c1-12-6-8-14(9-7-12)18(28)23-19-24-25-20(30-19)29-11-17(27)22-16-5-3-4-15(10-16)21-13(2)26/h3-10H,11H2,1-2H3,(H,21,26)(H,22,27)(H,23,24,28). The van der Waals surface area contributed by atoms with E-state index in [0.717, 1.165) is 5.56 Å². The molecule has 8 nitrogen and oxygen atoms in total. The van der Waals surface area contributed by atoms with Crippen molar-refractivity contribution in [2.45, 2.75) is 18.2 Å². The maximum absolute atomic E-state index is 12.2. The number of hydrogen-bond acceptors (Lipinski definition) is 7. The molecule has 3 aromatic rings. The number of carbonyl (C=O) groups excluding carboxylic acids is 3. The van der Waals surface area contributed by atoms with Crippen LogP contribution in [0.4, 0.5) is 16.5 Å². The quantitative estimate of drug-likeness (QED) is 0.380. The predicted molar refractivity (Wildman–Crippen MR) is 119 cm³/mol. The van der Waals surface area contributed by atoms with Crippen molar-refractivity contribution in [2.24, 2.45) is 0 Å². The summed E-state index contributed by atoms with van der Waals surface area (Å²) < 4.78 is 0.566. The molecule has 0 fully saturated rings. The Hall–Kier alpha value is -3.24. The van der Waals surface area contributed by atoms with Gasteiger partial charge in [-0.25, -0.2) is 0 Å². The molecule has 0 aliphatic heterocycles. The molecule has 2 aromatic carbocycles. The van der Waals surface area contributed by atoms with E-state index < -0.39 is 0 Å². The van der Waals surface area contributed by atoms with E-state index in [1.54, 1.807) is 36.4 Å². The molecule has 154 valence electrons. The number of rotatable bonds is 7. The molecule has 0 saturated carbocycles. The normalized spacial score (nSPS) is 10.3. The van der Waals surface area contributed by atoms with E-state index in [9.17, 15) is 14.4 Å². The summed E-state index contributed by atoms with van der Waals surface area (Å²) in [7, 11) is 0. The third-order valence-electron chi connectivity index (χ3n) is 3.73. The Labute approximate surface area is 181 Å². The lowest BCUT2D eigenvalue weighted by molar-refractivity contribution is -0.114. The summed E-state index contributed by atoms with van der Waals surface area (Å²) in [6.45, 7) is 3.37. The molecule has 0 atom stereocenters. The van der Waals surface area contributed by atoms with Crippen molar-refractivity contribution in [3.63, 3.8) is 0 Å². The molecule has 0 unspecified atom stereocenters. The molecule has 1 heterocycles. The van der Waals surface area contributed by atoms with Crippen molar-refractivity contribution >= 4 is 57.3 Å². The zero-order valence-electron chi connectivity index (χ0n) is 16.3. The van der Waals surface area contributed by atoms with Crippen molar-refractivity contribution in [1.29, 1.82) is 0 Å². The third-order valence-corrected chi connectivity index (χ3v) is 5.71. The summed E-state index contributed by atoms with van der Waals surface area (Å²) in [5.41, 5.74) is 2.79. The Morgan fingerprint density at radius 3 is 2.37 bits per heavy atom. The van der Waals surface area contributed by atoms with Gasteiger partial charge in [-0.2, -0.15) is 0 Å². The third kappa shape index (κ3) is 6.39. The van der Waals surface area contributed by atoms with Gasteiger partial charge in [0.15, 0.2) is 4.34 Å². The lowest BCUT2D eigenvalue weighted by Gasteiger charge is -2.07. The zero-order chi connectivity index (χ0) is 21.5. The maximum Gasteiger partial charge on any atom is 0.257 e. The monoisotopic (exact) mass is 441 g/mol. The van der Waals surface area contributed by atoms with Gasteiger partial charge < -0.3 is 10.6 Å². The summed E-state index contributed by atoms with van der Waals surface area (Å²) in [6, 6.07) is 14.1. The Kier molecular flexibility index (Phi) is 7.15. The highest BCUT2D eigenvalue weighted by atomic mass is 32.2. The van der Waals surface area contributed by atoms with Gasteiger partial charge in [0.2, 0.25) is 16.9 Å². The summed E-state index contributed by atoms with van der Waals surface area (Å²) in [5, 5.41) is 16.4. The van der Waals surface area contributed by atoms with Crippen LogP contribution in [0.5, 0.6) is 0 Å². The molecule has 0 bridgehead atoms. The number of nitrogens with zero attached hydrogens (tertiary/aromatic N) is 2. The van der Waals surface area contributed by atoms with Crippen LogP contribution >= 0.6 is 23.1 Å². The first-order valence-corrected chi connectivity index (χ1v) is 10.7. The topological polar surface area (TPSA) is 113 Å². The minimum absolute atomic E-state index is 0.130. The minimum atomic E-state index is -0.264. The molecule has 0 aliphatic rings. The van der Waals surface area contributed by atoms with Crippen LogP contribution in [0.25, 0.3) is 0 Å². The fraction of sp³-hybridized carbons (Fsp3) is 0.150. The second-order valence-corrected chi connectivity index (χ2v) is 8.49. The average molecular weight is 442 g/mol. The van der Waals surface area contributed by atoms with Crippen LogP contribution in [0.2, 0.25) is 0 Å². The number of carbonyl (C=O) groups is 3. The summed E-state index contributed by atoms with van der Waals surface area (Å²) in [5.74, 6) is -0.541. The van der Waals surface area contributed by atoms with Gasteiger partial charge in [-0.05, 0) is 37.3 Å². The van der Waals surface area contributed by atoms with Crippen molar-refractivity contribution in [3.8, 4) is 0 Å². The first kappa shape index (κ1) is 21.5. The number of nitrogens with one attached hydrogen (secondary N) is 3. The molecule has 10 heteroatoms. The molecule has 0 spiro atoms. The van der Waals surface area contributed by atoms with Gasteiger partial charge in [-0.1, -0.05) is 46.9 Å². The van der Waals surface area contributed by atoms with E-state index in [2.05, 4.69) is 26.1 Å². The second kappa shape index (κ2) is 9.99. The number of thioether (sulfide) groups is 1. The van der Waals surface area contributed by atoms with Gasteiger partial charge in [0.05, 0.1) is 5.75 Å². The number of benzene rings is 2. The fourth-order valence-corrected chi connectivity index (χ4v) is 3.94. The van der Waals surface area contributed by atoms with Crippen LogP contribution < -0.4 is 16.0 Å². The van der Waals surface area contributed by atoms with Gasteiger partial charge in [0.25, 0.3) is 5.91 Å². The number of aromatic nitrogens is 2. The molecule has 1 aromatic heterocycles. The van der Waals surface area contributed by atoms with E-state index in [0.29, 0.717) is 26.4 Å². The first-order chi connectivity index (χ1) is 14.4. The molecular formula is C20H19N5O3S2. The first-order valence-electron chi connectivity index (χ1n) is 8.91. The maximum atomic E-state index is 12.2. The van der Waals surface area contributed by atoms with Gasteiger partial charge in [-0.3, -0.25) is 19.7 Å². The SMILES string of the molecule is CC(=O)Nc1cccc(NC(=O)CSc2nnc(NC(=O)c3ccc(C)cc3)s2)c1. The lowest BCUT2D eigenvalue weighted by atomic mass is 10.1. The van der Waals surface area contributed by atoms with E-state index >= 15 is 0 Å². The smallest absolute Gasteiger partial charge is 0.257 e. The fourth-order valence-electron chi connectivity index (χ4n) is 2.40. The van der Waals surface area contributed by atoms with E-state index in [4.69, 9.17) is 0 Å². The highest BCUT2D eigenvalue weighted by Gasteiger charge is 2.12. The van der Waals surface area contributed by atoms with Gasteiger partial charge in [0.1, 0.15) is 0 Å². The highest BCUT2D eigenvalue weighted by molar-refractivity contribution is 8.01. The molecule has 0 radical (unpaired) electrons. The van der Waals surface area contributed by atoms with Gasteiger partial charge in [-0.15, -0.1) is 10.2 Å². The summed E-state index contributed by atoms with van der Waals surface area (Å²) >= 11 is 2.42. The van der Waals surface area contributed by atoms with Crippen LogP contribution in [0.1, 0.15) is 22.8 Å². The van der Waals surface area contributed by atoms with E-state index in [1.807, 2.05) is 19.1 Å². The van der Waals surface area contributed by atoms with Gasteiger partial charge in [0, 0.05) is 23.9 Å². The Morgan fingerprint density at radius 2 is 1.67 bits per heavy atom. The van der Waals surface area contributed by atoms with Crippen LogP contribution in [0.3, 0.4) is 0 Å².